The highest BCUT2D eigenvalue weighted by Crippen LogP contribution is 2.16. The number of nitrogens with two attached hydrogens (primary N) is 1. The largest absolute Gasteiger partial charge is 0.497 e. The molecule has 0 unspecified atom stereocenters. The van der Waals surface area contributed by atoms with Crippen LogP contribution in [0.5, 0.6) is 5.75 Å². The van der Waals surface area contributed by atoms with Crippen LogP contribution in [0.4, 0.5) is 5.69 Å². The Bertz CT molecular complexity index is 734. The van der Waals surface area contributed by atoms with Gasteiger partial charge in [0.05, 0.1) is 13.7 Å². The van der Waals surface area contributed by atoms with Gasteiger partial charge >= 0.3 is 0 Å². The van der Waals surface area contributed by atoms with Crippen LogP contribution >= 0.6 is 0 Å². The molecule has 26 heavy (non-hydrogen) atoms. The molecule has 0 aliphatic heterocycles. The molecule has 6 heteroatoms. The van der Waals surface area contributed by atoms with Crippen molar-refractivity contribution in [2.75, 3.05) is 32.6 Å². The zero-order valence-electron chi connectivity index (χ0n) is 15.4. The van der Waals surface area contributed by atoms with Crippen LogP contribution in [0.2, 0.25) is 0 Å². The monoisotopic (exact) mass is 356 g/mol. The summed E-state index contributed by atoms with van der Waals surface area (Å²) in [6.07, 6.45) is 0. The lowest BCUT2D eigenvalue weighted by Gasteiger charge is -2.17. The van der Waals surface area contributed by atoms with Crippen LogP contribution in [-0.2, 0) is 9.59 Å². The highest BCUT2D eigenvalue weighted by molar-refractivity contribution is 5.94. The molecule has 0 saturated heterocycles. The van der Waals surface area contributed by atoms with Crippen molar-refractivity contribution in [2.45, 2.75) is 13.0 Å². The van der Waals surface area contributed by atoms with E-state index in [1.165, 1.54) is 10.5 Å². The van der Waals surface area contributed by atoms with E-state index in [-0.39, 0.29) is 24.4 Å². The van der Waals surface area contributed by atoms with Crippen molar-refractivity contribution in [3.8, 4) is 5.75 Å². The Morgan fingerprint density at radius 1 is 1.15 bits per heavy atom. The van der Waals surface area contributed by atoms with E-state index in [0.717, 1.165) is 0 Å². The Morgan fingerprint density at radius 3 is 2.58 bits per heavy atom. The molecule has 2 aromatic carbocycles. The molecule has 1 atom stereocenters. The van der Waals surface area contributed by atoms with E-state index < -0.39 is 0 Å². The van der Waals surface area contributed by atoms with Crippen LogP contribution < -0.4 is 15.4 Å². The van der Waals surface area contributed by atoms with E-state index >= 15 is 0 Å². The minimum absolute atomic E-state index is 0.00357. The fourth-order valence-electron chi connectivity index (χ4n) is 2.53. The van der Waals surface area contributed by atoms with Gasteiger partial charge in [0.1, 0.15) is 11.8 Å². The van der Waals surface area contributed by atoms with Crippen molar-refractivity contribution in [3.63, 3.8) is 0 Å². The molecule has 0 saturated carbocycles. The molecule has 0 aromatic heterocycles. The van der Waals surface area contributed by atoms with E-state index in [1.807, 2.05) is 35.6 Å². The predicted octanol–water partition coefficient (Wildman–Crippen LogP) is 1.42. The molecule has 6 nitrogen and oxygen atoms in total. The molecule has 2 rings (SSSR count). The molecule has 2 amide bonds. The fourth-order valence-corrected chi connectivity index (χ4v) is 2.53. The quantitative estimate of drug-likeness (QED) is 0.751. The average Bonchev–Trinajstić information content (AvgIpc) is 2.66. The Labute approximate surface area is 154 Å². The SMILES string of the molecule is COc1cccc(NC(=O)CN(C)C(=O)C[NH2+][C@H](C)c2ccccc2)c1. The fraction of sp³-hybridized carbons (Fsp3) is 0.300. The van der Waals surface area contributed by atoms with Gasteiger partial charge in [-0.25, -0.2) is 0 Å². The zero-order valence-corrected chi connectivity index (χ0v) is 15.4. The van der Waals surface area contributed by atoms with Crippen LogP contribution in [0.25, 0.3) is 0 Å². The molecule has 0 radical (unpaired) electrons. The summed E-state index contributed by atoms with van der Waals surface area (Å²) < 4.78 is 5.13. The van der Waals surface area contributed by atoms with Gasteiger partial charge in [0.15, 0.2) is 6.54 Å². The third kappa shape index (κ3) is 5.89. The lowest BCUT2D eigenvalue weighted by Crippen LogP contribution is -2.87. The first-order valence-corrected chi connectivity index (χ1v) is 8.55. The van der Waals surface area contributed by atoms with Gasteiger partial charge in [-0.3, -0.25) is 9.59 Å². The maximum absolute atomic E-state index is 12.3. The molecule has 138 valence electrons. The summed E-state index contributed by atoms with van der Waals surface area (Å²) in [5, 5.41) is 4.74. The van der Waals surface area contributed by atoms with E-state index in [1.54, 1.807) is 38.4 Å². The first-order chi connectivity index (χ1) is 12.5. The van der Waals surface area contributed by atoms with Crippen LogP contribution in [0.1, 0.15) is 18.5 Å². The Hall–Kier alpha value is -2.86. The molecule has 0 aliphatic rings. The number of benzene rings is 2. The molecule has 0 aliphatic carbocycles. The standard InChI is InChI=1S/C20H25N3O3/c1-15(16-8-5-4-6-9-16)21-13-20(25)23(2)14-19(24)22-17-10-7-11-18(12-17)26-3/h4-12,15,21H,13-14H2,1-3H3,(H,22,24)/p+1/t15-/m1/s1. The van der Waals surface area contributed by atoms with Crippen molar-refractivity contribution < 1.29 is 19.6 Å². The first-order valence-electron chi connectivity index (χ1n) is 8.55. The summed E-state index contributed by atoms with van der Waals surface area (Å²) in [4.78, 5) is 25.8. The van der Waals surface area contributed by atoms with Gasteiger partial charge in [-0.2, -0.15) is 0 Å². The van der Waals surface area contributed by atoms with Crippen LogP contribution in [0.3, 0.4) is 0 Å². The van der Waals surface area contributed by atoms with Gasteiger partial charge < -0.3 is 20.3 Å². The number of quaternary nitrogens is 1. The number of ether oxygens (including phenoxy) is 1. The Balaban J connectivity index is 1.79. The van der Waals surface area contributed by atoms with E-state index in [2.05, 4.69) is 12.2 Å². The number of nitrogens with one attached hydrogen (secondary N) is 1. The van der Waals surface area contributed by atoms with Crippen molar-refractivity contribution in [1.82, 2.24) is 4.90 Å². The van der Waals surface area contributed by atoms with Gasteiger partial charge in [-0.1, -0.05) is 36.4 Å². The van der Waals surface area contributed by atoms with Crippen LogP contribution in [0.15, 0.2) is 54.6 Å². The van der Waals surface area contributed by atoms with Crippen molar-refractivity contribution in [3.05, 3.63) is 60.2 Å². The molecule has 2 aromatic rings. The molecule has 0 heterocycles. The number of carbonyl (C=O) groups excluding carboxylic acids is 2. The second-order valence-corrected chi connectivity index (χ2v) is 6.17. The minimum atomic E-state index is -0.245. The molecular formula is C20H26N3O3+. The second kappa shape index (κ2) is 9.58. The van der Waals surface area contributed by atoms with E-state index in [0.29, 0.717) is 18.0 Å². The maximum Gasteiger partial charge on any atom is 0.277 e. The van der Waals surface area contributed by atoms with Crippen molar-refractivity contribution in [1.29, 1.82) is 0 Å². The zero-order chi connectivity index (χ0) is 18.9. The topological polar surface area (TPSA) is 75.2 Å². The van der Waals surface area contributed by atoms with Gasteiger partial charge in [0.25, 0.3) is 5.91 Å². The second-order valence-electron chi connectivity index (χ2n) is 6.17. The lowest BCUT2D eigenvalue weighted by molar-refractivity contribution is -0.683. The molecular weight excluding hydrogens is 330 g/mol. The van der Waals surface area contributed by atoms with E-state index in [4.69, 9.17) is 4.74 Å². The van der Waals surface area contributed by atoms with Gasteiger partial charge in [0.2, 0.25) is 5.91 Å². The number of hydrogen-bond acceptors (Lipinski definition) is 3. The number of hydrogen-bond donors (Lipinski definition) is 2. The lowest BCUT2D eigenvalue weighted by atomic mass is 10.1. The van der Waals surface area contributed by atoms with Crippen molar-refractivity contribution in [2.24, 2.45) is 0 Å². The Morgan fingerprint density at radius 2 is 1.88 bits per heavy atom. The summed E-state index contributed by atoms with van der Waals surface area (Å²) in [5.74, 6) is 0.329. The van der Waals surface area contributed by atoms with Crippen molar-refractivity contribution >= 4 is 17.5 Å². The third-order valence-electron chi connectivity index (χ3n) is 4.13. The predicted molar refractivity (Wildman–Crippen MR) is 101 cm³/mol. The van der Waals surface area contributed by atoms with E-state index in [9.17, 15) is 9.59 Å². The maximum atomic E-state index is 12.3. The molecule has 3 N–H and O–H groups in total. The smallest absolute Gasteiger partial charge is 0.277 e. The number of carbonyl (C=O) groups is 2. The molecule has 0 spiro atoms. The Kier molecular flexibility index (Phi) is 7.17. The third-order valence-corrected chi connectivity index (χ3v) is 4.13. The molecule has 0 fully saturated rings. The minimum Gasteiger partial charge on any atom is -0.497 e. The highest BCUT2D eigenvalue weighted by atomic mass is 16.5. The summed E-state index contributed by atoms with van der Waals surface area (Å²) in [5.41, 5.74) is 1.80. The van der Waals surface area contributed by atoms with Crippen LogP contribution in [-0.4, -0.2) is 44.0 Å². The average molecular weight is 356 g/mol. The summed E-state index contributed by atoms with van der Waals surface area (Å²) in [6.45, 7) is 2.35. The summed E-state index contributed by atoms with van der Waals surface area (Å²) in [6, 6.07) is 17.3. The summed E-state index contributed by atoms with van der Waals surface area (Å²) >= 11 is 0. The molecule has 0 bridgehead atoms. The number of methoxy groups -OCH3 is 1. The number of nitrogens with zero attached hydrogens (tertiary/aromatic N) is 1. The first kappa shape index (κ1) is 19.5. The number of amides is 2. The van der Waals surface area contributed by atoms with Gasteiger partial charge in [-0.15, -0.1) is 0 Å². The van der Waals surface area contributed by atoms with Crippen LogP contribution in [0, 0.1) is 0 Å². The highest BCUT2D eigenvalue weighted by Gasteiger charge is 2.17. The summed E-state index contributed by atoms with van der Waals surface area (Å²) in [7, 11) is 3.20. The number of anilines is 1. The number of rotatable bonds is 8. The normalized spacial score (nSPS) is 11.5. The number of likely N-dealkylation sites (N-methyl/N-ethyl adjacent to an activating group) is 1. The van der Waals surface area contributed by atoms with Gasteiger partial charge in [0, 0.05) is 24.4 Å². The van der Waals surface area contributed by atoms with Gasteiger partial charge in [-0.05, 0) is 19.1 Å².